The standard InChI is InChI=1S/C14H20ClN3O2/c1-16-12-6-5-11(15)13(18-12)14(19)17-8-7-10-4-2-3-9-20-10/h5-6,10H,2-4,7-9H2,1H3,(H,16,18)(H,17,19). The second-order valence-corrected chi connectivity index (χ2v) is 5.22. The zero-order chi connectivity index (χ0) is 14.4. The summed E-state index contributed by atoms with van der Waals surface area (Å²) in [5.41, 5.74) is 0.253. The van der Waals surface area contributed by atoms with Crippen LogP contribution in [0.15, 0.2) is 12.1 Å². The lowest BCUT2D eigenvalue weighted by Gasteiger charge is -2.22. The fourth-order valence-corrected chi connectivity index (χ4v) is 2.40. The fourth-order valence-electron chi connectivity index (χ4n) is 2.21. The molecule has 2 heterocycles. The van der Waals surface area contributed by atoms with Crippen molar-refractivity contribution in [2.45, 2.75) is 31.8 Å². The number of ether oxygens (including phenoxy) is 1. The van der Waals surface area contributed by atoms with Gasteiger partial charge >= 0.3 is 0 Å². The van der Waals surface area contributed by atoms with Gasteiger partial charge in [0.25, 0.3) is 5.91 Å². The van der Waals surface area contributed by atoms with Crippen molar-refractivity contribution >= 4 is 23.3 Å². The average Bonchev–Trinajstić information content (AvgIpc) is 2.48. The first kappa shape index (κ1) is 15.1. The first-order valence-corrected chi connectivity index (χ1v) is 7.32. The summed E-state index contributed by atoms with van der Waals surface area (Å²) < 4.78 is 5.62. The molecule has 0 spiro atoms. The first-order chi connectivity index (χ1) is 9.70. The number of rotatable bonds is 5. The van der Waals surface area contributed by atoms with Crippen LogP contribution in [0.3, 0.4) is 0 Å². The van der Waals surface area contributed by atoms with Gasteiger partial charge in [-0.25, -0.2) is 4.98 Å². The average molecular weight is 298 g/mol. The summed E-state index contributed by atoms with van der Waals surface area (Å²) in [6.07, 6.45) is 4.50. The second kappa shape index (κ2) is 7.45. The van der Waals surface area contributed by atoms with E-state index >= 15 is 0 Å². The summed E-state index contributed by atoms with van der Waals surface area (Å²) in [7, 11) is 1.75. The van der Waals surface area contributed by atoms with Crippen molar-refractivity contribution < 1.29 is 9.53 Å². The molecular weight excluding hydrogens is 278 g/mol. The summed E-state index contributed by atoms with van der Waals surface area (Å²) in [5.74, 6) is 0.373. The summed E-state index contributed by atoms with van der Waals surface area (Å²) in [6, 6.07) is 3.40. The number of aromatic nitrogens is 1. The smallest absolute Gasteiger partial charge is 0.271 e. The zero-order valence-electron chi connectivity index (χ0n) is 11.6. The van der Waals surface area contributed by atoms with Crippen LogP contribution in [0, 0.1) is 0 Å². The molecule has 1 amide bonds. The second-order valence-electron chi connectivity index (χ2n) is 4.81. The topological polar surface area (TPSA) is 63.2 Å². The molecule has 110 valence electrons. The van der Waals surface area contributed by atoms with Gasteiger partial charge in [-0.1, -0.05) is 11.6 Å². The number of amides is 1. The van der Waals surface area contributed by atoms with Gasteiger partial charge in [0.05, 0.1) is 11.1 Å². The van der Waals surface area contributed by atoms with E-state index in [1.54, 1.807) is 19.2 Å². The highest BCUT2D eigenvalue weighted by Gasteiger charge is 2.16. The maximum atomic E-state index is 12.0. The Bertz CT molecular complexity index is 462. The molecule has 1 unspecified atom stereocenters. The number of pyridine rings is 1. The van der Waals surface area contributed by atoms with Crippen LogP contribution in [0.5, 0.6) is 0 Å². The summed E-state index contributed by atoms with van der Waals surface area (Å²) >= 11 is 6.00. The number of carbonyl (C=O) groups excluding carboxylic acids is 1. The number of hydrogen-bond acceptors (Lipinski definition) is 4. The molecule has 1 aromatic heterocycles. The van der Waals surface area contributed by atoms with Crippen LogP contribution >= 0.6 is 11.6 Å². The molecule has 6 heteroatoms. The minimum absolute atomic E-state index is 0.247. The molecular formula is C14H20ClN3O2. The Morgan fingerprint density at radius 3 is 3.05 bits per heavy atom. The summed E-state index contributed by atoms with van der Waals surface area (Å²) in [5, 5.41) is 6.09. The van der Waals surface area contributed by atoms with Crippen molar-refractivity contribution in [1.82, 2.24) is 10.3 Å². The van der Waals surface area contributed by atoms with E-state index in [1.807, 2.05) is 0 Å². The maximum Gasteiger partial charge on any atom is 0.271 e. The molecule has 1 saturated heterocycles. The maximum absolute atomic E-state index is 12.0. The molecule has 1 aliphatic rings. The van der Waals surface area contributed by atoms with Crippen LogP contribution in [-0.2, 0) is 4.74 Å². The predicted molar refractivity (Wildman–Crippen MR) is 79.3 cm³/mol. The molecule has 1 fully saturated rings. The SMILES string of the molecule is CNc1ccc(Cl)c(C(=O)NCCC2CCCCO2)n1. The van der Waals surface area contributed by atoms with Gasteiger partial charge in [0.1, 0.15) is 11.5 Å². The lowest BCUT2D eigenvalue weighted by Crippen LogP contribution is -2.30. The molecule has 5 nitrogen and oxygen atoms in total. The Kier molecular flexibility index (Phi) is 5.61. The minimum Gasteiger partial charge on any atom is -0.378 e. The molecule has 1 aliphatic heterocycles. The number of nitrogens with one attached hydrogen (secondary N) is 2. The molecule has 0 radical (unpaired) electrons. The normalized spacial score (nSPS) is 18.6. The van der Waals surface area contributed by atoms with Gasteiger partial charge < -0.3 is 15.4 Å². The zero-order valence-corrected chi connectivity index (χ0v) is 12.4. The van der Waals surface area contributed by atoms with Gasteiger partial charge in [-0.3, -0.25) is 4.79 Å². The Morgan fingerprint density at radius 1 is 1.50 bits per heavy atom. The molecule has 1 atom stereocenters. The third kappa shape index (κ3) is 4.08. The third-order valence-electron chi connectivity index (χ3n) is 3.34. The molecule has 20 heavy (non-hydrogen) atoms. The van der Waals surface area contributed by atoms with E-state index in [4.69, 9.17) is 16.3 Å². The molecule has 1 aromatic rings. The predicted octanol–water partition coefficient (Wildman–Crippen LogP) is 2.47. The molecule has 0 bridgehead atoms. The van der Waals surface area contributed by atoms with E-state index in [-0.39, 0.29) is 17.7 Å². The van der Waals surface area contributed by atoms with Gasteiger partial charge in [0.2, 0.25) is 0 Å². The number of carbonyl (C=O) groups is 1. The lowest BCUT2D eigenvalue weighted by atomic mass is 10.1. The fraction of sp³-hybridized carbons (Fsp3) is 0.571. The van der Waals surface area contributed by atoms with Gasteiger partial charge in [-0.05, 0) is 37.8 Å². The Balaban J connectivity index is 1.84. The number of nitrogens with zero attached hydrogens (tertiary/aromatic N) is 1. The van der Waals surface area contributed by atoms with E-state index in [0.717, 1.165) is 25.9 Å². The number of halogens is 1. The first-order valence-electron chi connectivity index (χ1n) is 6.95. The highest BCUT2D eigenvalue weighted by atomic mass is 35.5. The van der Waals surface area contributed by atoms with Crippen LogP contribution in [0.25, 0.3) is 0 Å². The van der Waals surface area contributed by atoms with Crippen molar-refractivity contribution in [3.05, 3.63) is 22.8 Å². The van der Waals surface area contributed by atoms with E-state index in [1.165, 1.54) is 6.42 Å². The van der Waals surface area contributed by atoms with Crippen molar-refractivity contribution in [2.75, 3.05) is 25.5 Å². The molecule has 0 aromatic carbocycles. The summed E-state index contributed by atoms with van der Waals surface area (Å²) in [4.78, 5) is 16.2. The van der Waals surface area contributed by atoms with Crippen molar-refractivity contribution in [1.29, 1.82) is 0 Å². The van der Waals surface area contributed by atoms with Gasteiger partial charge in [0.15, 0.2) is 0 Å². The molecule has 0 saturated carbocycles. The lowest BCUT2D eigenvalue weighted by molar-refractivity contribution is 0.0117. The Labute approximate surface area is 124 Å². The number of anilines is 1. The highest BCUT2D eigenvalue weighted by molar-refractivity contribution is 6.33. The van der Waals surface area contributed by atoms with E-state index in [9.17, 15) is 4.79 Å². The van der Waals surface area contributed by atoms with E-state index in [2.05, 4.69) is 15.6 Å². The van der Waals surface area contributed by atoms with Gasteiger partial charge in [-0.2, -0.15) is 0 Å². The molecule has 2 N–H and O–H groups in total. The largest absolute Gasteiger partial charge is 0.378 e. The Morgan fingerprint density at radius 2 is 2.35 bits per heavy atom. The van der Waals surface area contributed by atoms with Crippen molar-refractivity contribution in [2.24, 2.45) is 0 Å². The van der Waals surface area contributed by atoms with Crippen LogP contribution in [-0.4, -0.2) is 37.2 Å². The third-order valence-corrected chi connectivity index (χ3v) is 3.65. The monoisotopic (exact) mass is 297 g/mol. The van der Waals surface area contributed by atoms with Crippen LogP contribution in [0.1, 0.15) is 36.2 Å². The van der Waals surface area contributed by atoms with Crippen LogP contribution in [0.4, 0.5) is 5.82 Å². The van der Waals surface area contributed by atoms with Crippen LogP contribution in [0.2, 0.25) is 5.02 Å². The minimum atomic E-state index is -0.247. The van der Waals surface area contributed by atoms with Crippen molar-refractivity contribution in [3.8, 4) is 0 Å². The summed E-state index contributed by atoms with van der Waals surface area (Å²) in [6.45, 7) is 1.40. The van der Waals surface area contributed by atoms with E-state index in [0.29, 0.717) is 17.4 Å². The van der Waals surface area contributed by atoms with Gasteiger partial charge in [-0.15, -0.1) is 0 Å². The highest BCUT2D eigenvalue weighted by Crippen LogP contribution is 2.17. The number of hydrogen-bond donors (Lipinski definition) is 2. The quantitative estimate of drug-likeness (QED) is 0.876. The van der Waals surface area contributed by atoms with Gasteiger partial charge in [0, 0.05) is 20.2 Å². The van der Waals surface area contributed by atoms with E-state index < -0.39 is 0 Å². The van der Waals surface area contributed by atoms with Crippen LogP contribution < -0.4 is 10.6 Å². The molecule has 0 aliphatic carbocycles. The van der Waals surface area contributed by atoms with Crippen molar-refractivity contribution in [3.63, 3.8) is 0 Å². The molecule has 2 rings (SSSR count). The Hall–Kier alpha value is -1.33.